The molecule has 1 atom stereocenters. The predicted octanol–water partition coefficient (Wildman–Crippen LogP) is 1.86. The first-order valence-electron chi connectivity index (χ1n) is 5.62. The lowest BCUT2D eigenvalue weighted by Crippen LogP contribution is -2.56. The summed E-state index contributed by atoms with van der Waals surface area (Å²) >= 11 is 0. The molecule has 0 fully saturated rings. The summed E-state index contributed by atoms with van der Waals surface area (Å²) in [6.45, 7) is 1.29. The van der Waals surface area contributed by atoms with Crippen molar-refractivity contribution >= 4 is 11.6 Å². The summed E-state index contributed by atoms with van der Waals surface area (Å²) in [7, 11) is 0. The van der Waals surface area contributed by atoms with Gasteiger partial charge in [0.1, 0.15) is 5.75 Å². The van der Waals surface area contributed by atoms with Gasteiger partial charge in [0.2, 0.25) is 0 Å². The maximum Gasteiger partial charge on any atom is 0.438 e. The Balaban J connectivity index is 2.39. The summed E-state index contributed by atoms with van der Waals surface area (Å²) in [6.07, 6.45) is -5.82. The summed E-state index contributed by atoms with van der Waals surface area (Å²) in [4.78, 5) is 12.0. The molecule has 0 spiro atoms. The molecule has 0 saturated carbocycles. The van der Waals surface area contributed by atoms with E-state index in [-0.39, 0.29) is 22.0 Å². The van der Waals surface area contributed by atoms with E-state index in [1.807, 2.05) is 0 Å². The number of alkyl halides is 3. The number of phenols is 1. The van der Waals surface area contributed by atoms with Gasteiger partial charge in [-0.25, -0.2) is 0 Å². The molecule has 8 heteroatoms. The van der Waals surface area contributed by atoms with Gasteiger partial charge in [0.25, 0.3) is 11.6 Å². The molecule has 1 amide bonds. The number of halogens is 3. The SMILES string of the molecule is CC1=NN(C(=O)c2ccc(O)cc2)[C@@](O)(C(F)(F)F)C1. The lowest BCUT2D eigenvalue weighted by atomic mass is 10.1. The van der Waals surface area contributed by atoms with Crippen LogP contribution in [0.15, 0.2) is 29.4 Å². The third kappa shape index (κ3) is 2.22. The molecule has 1 aliphatic rings. The first-order valence-corrected chi connectivity index (χ1v) is 5.62. The highest BCUT2D eigenvalue weighted by Crippen LogP contribution is 2.40. The van der Waals surface area contributed by atoms with Gasteiger partial charge in [0, 0.05) is 17.7 Å². The van der Waals surface area contributed by atoms with Crippen molar-refractivity contribution in [3.05, 3.63) is 29.8 Å². The van der Waals surface area contributed by atoms with Crippen molar-refractivity contribution < 1.29 is 28.2 Å². The van der Waals surface area contributed by atoms with E-state index in [1.54, 1.807) is 0 Å². The van der Waals surface area contributed by atoms with Gasteiger partial charge in [-0.15, -0.1) is 0 Å². The van der Waals surface area contributed by atoms with Gasteiger partial charge in [0.05, 0.1) is 0 Å². The van der Waals surface area contributed by atoms with Crippen LogP contribution in [0.25, 0.3) is 0 Å². The molecule has 1 aromatic rings. The highest BCUT2D eigenvalue weighted by atomic mass is 19.4. The van der Waals surface area contributed by atoms with E-state index in [1.165, 1.54) is 6.92 Å². The lowest BCUT2D eigenvalue weighted by molar-refractivity contribution is -0.297. The van der Waals surface area contributed by atoms with Crippen molar-refractivity contribution in [2.24, 2.45) is 5.10 Å². The smallest absolute Gasteiger partial charge is 0.438 e. The van der Waals surface area contributed by atoms with E-state index in [0.29, 0.717) is 0 Å². The molecule has 2 rings (SSSR count). The summed E-state index contributed by atoms with van der Waals surface area (Å²) < 4.78 is 38.9. The minimum atomic E-state index is -5.03. The fourth-order valence-electron chi connectivity index (χ4n) is 1.88. The van der Waals surface area contributed by atoms with Crippen molar-refractivity contribution in [1.29, 1.82) is 0 Å². The van der Waals surface area contributed by atoms with Crippen LogP contribution in [0, 0.1) is 0 Å². The molecule has 0 bridgehead atoms. The number of carbonyl (C=O) groups is 1. The molecule has 0 radical (unpaired) electrons. The van der Waals surface area contributed by atoms with E-state index < -0.39 is 24.2 Å². The summed E-state index contributed by atoms with van der Waals surface area (Å²) in [5.41, 5.74) is -3.47. The van der Waals surface area contributed by atoms with Crippen LogP contribution in [0.2, 0.25) is 0 Å². The number of carbonyl (C=O) groups excluding carboxylic acids is 1. The molecular weight excluding hydrogens is 277 g/mol. The quantitative estimate of drug-likeness (QED) is 0.828. The maximum atomic E-state index is 13.0. The number of benzene rings is 1. The predicted molar refractivity (Wildman–Crippen MR) is 63.0 cm³/mol. The van der Waals surface area contributed by atoms with Crippen molar-refractivity contribution in [2.75, 3.05) is 0 Å². The minimum Gasteiger partial charge on any atom is -0.508 e. The number of phenolic OH excluding ortho intramolecular Hbond substituents is 1. The second-order valence-corrected chi connectivity index (χ2v) is 4.49. The average Bonchev–Trinajstić information content (AvgIpc) is 2.65. The first-order chi connectivity index (χ1) is 9.15. The molecule has 1 aromatic carbocycles. The van der Waals surface area contributed by atoms with Crippen LogP contribution in [0.5, 0.6) is 5.75 Å². The third-order valence-corrected chi connectivity index (χ3v) is 2.88. The number of aliphatic hydroxyl groups is 1. The molecular formula is C12H11F3N2O3. The average molecular weight is 288 g/mol. The zero-order valence-corrected chi connectivity index (χ0v) is 10.3. The minimum absolute atomic E-state index is 0.00282. The molecule has 1 heterocycles. The van der Waals surface area contributed by atoms with Crippen molar-refractivity contribution in [1.82, 2.24) is 5.01 Å². The molecule has 0 aromatic heterocycles. The van der Waals surface area contributed by atoms with E-state index in [4.69, 9.17) is 5.11 Å². The van der Waals surface area contributed by atoms with Crippen LogP contribution in [-0.4, -0.2) is 38.7 Å². The van der Waals surface area contributed by atoms with Crippen LogP contribution in [0.3, 0.4) is 0 Å². The van der Waals surface area contributed by atoms with Gasteiger partial charge in [-0.1, -0.05) is 0 Å². The van der Waals surface area contributed by atoms with Gasteiger partial charge in [-0.2, -0.15) is 23.3 Å². The number of nitrogens with zero attached hydrogens (tertiary/aromatic N) is 2. The summed E-state index contributed by atoms with van der Waals surface area (Å²) in [5, 5.41) is 22.4. The van der Waals surface area contributed by atoms with Crippen molar-refractivity contribution in [3.8, 4) is 5.75 Å². The van der Waals surface area contributed by atoms with Gasteiger partial charge in [0.15, 0.2) is 0 Å². The van der Waals surface area contributed by atoms with Crippen molar-refractivity contribution in [3.63, 3.8) is 0 Å². The van der Waals surface area contributed by atoms with Gasteiger partial charge in [-0.3, -0.25) is 4.79 Å². The highest BCUT2D eigenvalue weighted by Gasteiger charge is 2.62. The Bertz CT molecular complexity index is 568. The molecule has 5 nitrogen and oxygen atoms in total. The fraction of sp³-hybridized carbons (Fsp3) is 0.333. The lowest BCUT2D eigenvalue weighted by Gasteiger charge is -2.32. The topological polar surface area (TPSA) is 73.1 Å². The second-order valence-electron chi connectivity index (χ2n) is 4.49. The molecule has 1 aliphatic heterocycles. The Morgan fingerprint density at radius 1 is 1.35 bits per heavy atom. The third-order valence-electron chi connectivity index (χ3n) is 2.88. The molecule has 0 aliphatic carbocycles. The molecule has 2 N–H and O–H groups in total. The Morgan fingerprint density at radius 2 is 1.90 bits per heavy atom. The van der Waals surface area contributed by atoms with Gasteiger partial charge >= 0.3 is 6.18 Å². The van der Waals surface area contributed by atoms with Crippen LogP contribution in [0.4, 0.5) is 13.2 Å². The molecule has 108 valence electrons. The number of rotatable bonds is 1. The number of hydrogen-bond acceptors (Lipinski definition) is 4. The van der Waals surface area contributed by atoms with Gasteiger partial charge in [-0.05, 0) is 31.2 Å². The largest absolute Gasteiger partial charge is 0.508 e. The van der Waals surface area contributed by atoms with Crippen LogP contribution in [-0.2, 0) is 0 Å². The molecule has 0 unspecified atom stereocenters. The Kier molecular flexibility index (Phi) is 3.21. The second kappa shape index (κ2) is 4.48. The Morgan fingerprint density at radius 3 is 2.40 bits per heavy atom. The zero-order chi connectivity index (χ0) is 15.1. The monoisotopic (exact) mass is 288 g/mol. The van der Waals surface area contributed by atoms with Crippen LogP contribution >= 0.6 is 0 Å². The number of hydrazone groups is 1. The van der Waals surface area contributed by atoms with E-state index in [0.717, 1.165) is 24.3 Å². The van der Waals surface area contributed by atoms with E-state index >= 15 is 0 Å². The normalized spacial score (nSPS) is 22.9. The first kappa shape index (κ1) is 14.3. The van der Waals surface area contributed by atoms with Crippen molar-refractivity contribution in [2.45, 2.75) is 25.2 Å². The van der Waals surface area contributed by atoms with Crippen LogP contribution in [0.1, 0.15) is 23.7 Å². The molecule has 0 saturated heterocycles. The number of aromatic hydroxyl groups is 1. The summed E-state index contributed by atoms with van der Waals surface area (Å²) in [5.74, 6) is -1.23. The van der Waals surface area contributed by atoms with Gasteiger partial charge < -0.3 is 10.2 Å². The fourth-order valence-corrected chi connectivity index (χ4v) is 1.88. The summed E-state index contributed by atoms with van der Waals surface area (Å²) in [6, 6.07) is 4.62. The Hall–Kier alpha value is -2.09. The number of hydrogen-bond donors (Lipinski definition) is 2. The number of amides is 1. The highest BCUT2D eigenvalue weighted by molar-refractivity contribution is 5.97. The maximum absolute atomic E-state index is 13.0. The zero-order valence-electron chi connectivity index (χ0n) is 10.3. The van der Waals surface area contributed by atoms with Crippen LogP contribution < -0.4 is 0 Å². The Labute approximate surface area is 111 Å². The molecule has 20 heavy (non-hydrogen) atoms. The standard InChI is InChI=1S/C12H11F3N2O3/c1-7-6-11(20,12(13,14)15)17(16-7)10(19)8-2-4-9(18)5-3-8/h2-5,18,20H,6H2,1H3/t11-/m0/s1. The van der Waals surface area contributed by atoms with E-state index in [2.05, 4.69) is 5.10 Å². The van der Waals surface area contributed by atoms with E-state index in [9.17, 15) is 23.1 Å².